The second-order valence-corrected chi connectivity index (χ2v) is 4.80. The van der Waals surface area contributed by atoms with Crippen LogP contribution in [0.1, 0.15) is 34.9 Å². The molecule has 1 aliphatic heterocycles. The largest absolute Gasteiger partial charge is 0.330 e. The molecule has 1 saturated heterocycles. The Kier molecular flexibility index (Phi) is 3.41. The minimum atomic E-state index is -0.277. The molecule has 2 aromatic rings. The number of hydrogen-bond donors (Lipinski definition) is 0. The maximum absolute atomic E-state index is 13.3. The Bertz CT molecular complexity index is 618. The number of rotatable bonds is 2. The molecule has 0 N–H and O–H groups in total. The Hall–Kier alpha value is -2.30. The lowest BCUT2D eigenvalue weighted by molar-refractivity contribution is 0.0729. The number of carbonyl (C=O) groups is 1. The van der Waals surface area contributed by atoms with E-state index in [4.69, 9.17) is 0 Å². The lowest BCUT2D eigenvalue weighted by atomic mass is 10.0. The maximum atomic E-state index is 13.3. The zero-order valence-corrected chi connectivity index (χ0v) is 10.9. The summed E-state index contributed by atoms with van der Waals surface area (Å²) in [6.07, 6.45) is 6.25. The van der Waals surface area contributed by atoms with Crippen LogP contribution in [0.4, 0.5) is 4.39 Å². The second kappa shape index (κ2) is 5.36. The highest BCUT2D eigenvalue weighted by atomic mass is 19.1. The van der Waals surface area contributed by atoms with E-state index in [2.05, 4.69) is 9.97 Å². The van der Waals surface area contributed by atoms with E-state index in [1.807, 2.05) is 6.07 Å². The third-order valence-electron chi connectivity index (χ3n) is 3.53. The van der Waals surface area contributed by atoms with Crippen LogP contribution in [0.5, 0.6) is 0 Å². The van der Waals surface area contributed by atoms with Crippen molar-refractivity contribution in [3.05, 3.63) is 59.9 Å². The Labute approximate surface area is 116 Å². The van der Waals surface area contributed by atoms with Crippen molar-refractivity contribution < 1.29 is 9.18 Å². The smallest absolute Gasteiger partial charge is 0.274 e. The van der Waals surface area contributed by atoms with Crippen molar-refractivity contribution in [1.29, 1.82) is 0 Å². The molecule has 1 aromatic heterocycles. The van der Waals surface area contributed by atoms with E-state index in [1.165, 1.54) is 30.7 Å². The molecule has 1 aliphatic rings. The summed E-state index contributed by atoms with van der Waals surface area (Å²) in [4.78, 5) is 22.2. The molecule has 1 amide bonds. The Balaban J connectivity index is 1.88. The van der Waals surface area contributed by atoms with Gasteiger partial charge in [0, 0.05) is 18.9 Å². The van der Waals surface area contributed by atoms with Gasteiger partial charge in [-0.25, -0.2) is 9.37 Å². The van der Waals surface area contributed by atoms with Crippen LogP contribution in [0.2, 0.25) is 0 Å². The number of benzene rings is 1. The van der Waals surface area contributed by atoms with E-state index in [-0.39, 0.29) is 17.8 Å². The average molecular weight is 271 g/mol. The molecule has 0 bridgehead atoms. The fourth-order valence-electron chi connectivity index (χ4n) is 2.63. The summed E-state index contributed by atoms with van der Waals surface area (Å²) in [6.45, 7) is 0.663. The topological polar surface area (TPSA) is 46.1 Å². The fraction of sp³-hybridized carbons (Fsp3) is 0.267. The summed E-state index contributed by atoms with van der Waals surface area (Å²) in [5.41, 5.74) is 1.16. The second-order valence-electron chi connectivity index (χ2n) is 4.80. The van der Waals surface area contributed by atoms with Gasteiger partial charge in [0.25, 0.3) is 5.91 Å². The van der Waals surface area contributed by atoms with Gasteiger partial charge in [-0.05, 0) is 30.5 Å². The molecule has 4 nitrogen and oxygen atoms in total. The van der Waals surface area contributed by atoms with Crippen LogP contribution >= 0.6 is 0 Å². The predicted molar refractivity (Wildman–Crippen MR) is 71.4 cm³/mol. The standard InChI is InChI=1S/C15H14FN3O/c16-12-4-1-3-11(9-12)14-5-2-8-19(14)15(20)13-10-17-6-7-18-13/h1,3-4,6-7,9-10,14H,2,5,8H2/t14-/m0/s1. The zero-order chi connectivity index (χ0) is 13.9. The van der Waals surface area contributed by atoms with Gasteiger partial charge in [0.1, 0.15) is 11.5 Å². The third-order valence-corrected chi connectivity index (χ3v) is 3.53. The molecule has 20 heavy (non-hydrogen) atoms. The van der Waals surface area contributed by atoms with E-state index >= 15 is 0 Å². The number of amides is 1. The van der Waals surface area contributed by atoms with Gasteiger partial charge in [-0.2, -0.15) is 0 Å². The van der Waals surface area contributed by atoms with E-state index in [1.54, 1.807) is 11.0 Å². The van der Waals surface area contributed by atoms with Crippen molar-refractivity contribution in [3.63, 3.8) is 0 Å². The zero-order valence-electron chi connectivity index (χ0n) is 10.9. The molecule has 102 valence electrons. The Morgan fingerprint density at radius 1 is 1.35 bits per heavy atom. The van der Waals surface area contributed by atoms with E-state index in [9.17, 15) is 9.18 Å². The lowest BCUT2D eigenvalue weighted by Crippen LogP contribution is -2.31. The van der Waals surface area contributed by atoms with E-state index in [0.717, 1.165) is 18.4 Å². The first kappa shape index (κ1) is 12.7. The molecule has 2 heterocycles. The van der Waals surface area contributed by atoms with Crippen LogP contribution < -0.4 is 0 Å². The highest BCUT2D eigenvalue weighted by Crippen LogP contribution is 2.32. The summed E-state index contributed by atoms with van der Waals surface area (Å²) < 4.78 is 13.3. The van der Waals surface area contributed by atoms with Gasteiger partial charge in [0.15, 0.2) is 0 Å². The summed E-state index contributed by atoms with van der Waals surface area (Å²) in [5.74, 6) is -0.425. The van der Waals surface area contributed by atoms with Gasteiger partial charge in [-0.15, -0.1) is 0 Å². The molecular weight excluding hydrogens is 257 g/mol. The molecule has 0 saturated carbocycles. The van der Waals surface area contributed by atoms with E-state index in [0.29, 0.717) is 12.2 Å². The van der Waals surface area contributed by atoms with Crippen LogP contribution in [0.3, 0.4) is 0 Å². The molecule has 1 fully saturated rings. The molecule has 1 atom stereocenters. The fourth-order valence-corrected chi connectivity index (χ4v) is 2.63. The van der Waals surface area contributed by atoms with Crippen molar-refractivity contribution in [2.24, 2.45) is 0 Å². The van der Waals surface area contributed by atoms with Gasteiger partial charge in [-0.1, -0.05) is 12.1 Å². The number of likely N-dealkylation sites (tertiary alicyclic amines) is 1. The number of aromatic nitrogens is 2. The summed E-state index contributed by atoms with van der Waals surface area (Å²) in [7, 11) is 0. The van der Waals surface area contributed by atoms with Crippen molar-refractivity contribution in [2.75, 3.05) is 6.54 Å². The molecule has 0 unspecified atom stereocenters. The normalized spacial score (nSPS) is 18.2. The minimum absolute atomic E-state index is 0.0831. The summed E-state index contributed by atoms with van der Waals surface area (Å²) >= 11 is 0. The van der Waals surface area contributed by atoms with Crippen molar-refractivity contribution >= 4 is 5.91 Å². The van der Waals surface area contributed by atoms with Gasteiger partial charge < -0.3 is 4.90 Å². The van der Waals surface area contributed by atoms with Crippen LogP contribution in [-0.2, 0) is 0 Å². The minimum Gasteiger partial charge on any atom is -0.330 e. The van der Waals surface area contributed by atoms with Gasteiger partial charge in [-0.3, -0.25) is 9.78 Å². The Morgan fingerprint density at radius 2 is 2.25 bits per heavy atom. The maximum Gasteiger partial charge on any atom is 0.274 e. The van der Waals surface area contributed by atoms with Gasteiger partial charge in [0.05, 0.1) is 12.2 Å². The van der Waals surface area contributed by atoms with Crippen molar-refractivity contribution in [3.8, 4) is 0 Å². The van der Waals surface area contributed by atoms with Gasteiger partial charge >= 0.3 is 0 Å². The summed E-state index contributed by atoms with van der Waals surface area (Å²) in [5, 5.41) is 0. The van der Waals surface area contributed by atoms with Gasteiger partial charge in [0.2, 0.25) is 0 Å². The van der Waals surface area contributed by atoms with Crippen molar-refractivity contribution in [1.82, 2.24) is 14.9 Å². The first-order valence-electron chi connectivity index (χ1n) is 6.58. The van der Waals surface area contributed by atoms with Crippen molar-refractivity contribution in [2.45, 2.75) is 18.9 Å². The van der Waals surface area contributed by atoms with E-state index < -0.39 is 0 Å². The first-order chi connectivity index (χ1) is 9.75. The SMILES string of the molecule is O=C(c1cnccn1)N1CCC[C@H]1c1cccc(F)c1. The molecule has 3 rings (SSSR count). The molecule has 5 heteroatoms. The lowest BCUT2D eigenvalue weighted by Gasteiger charge is -2.24. The third kappa shape index (κ3) is 2.39. The average Bonchev–Trinajstić information content (AvgIpc) is 2.97. The molecule has 0 radical (unpaired) electrons. The molecule has 0 aliphatic carbocycles. The first-order valence-corrected chi connectivity index (χ1v) is 6.58. The quantitative estimate of drug-likeness (QED) is 0.843. The monoisotopic (exact) mass is 271 g/mol. The number of halogens is 1. The highest BCUT2D eigenvalue weighted by Gasteiger charge is 2.31. The number of hydrogen-bond acceptors (Lipinski definition) is 3. The highest BCUT2D eigenvalue weighted by molar-refractivity contribution is 5.92. The van der Waals surface area contributed by atoms with Crippen LogP contribution in [0.15, 0.2) is 42.9 Å². The van der Waals surface area contributed by atoms with Crippen LogP contribution in [0, 0.1) is 5.82 Å². The summed E-state index contributed by atoms with van der Waals surface area (Å²) in [6, 6.07) is 6.35. The molecule has 0 spiro atoms. The Morgan fingerprint density at radius 3 is 3.00 bits per heavy atom. The number of carbonyl (C=O) groups excluding carboxylic acids is 1. The van der Waals surface area contributed by atoms with Crippen LogP contribution in [-0.4, -0.2) is 27.3 Å². The predicted octanol–water partition coefficient (Wildman–Crippen LogP) is 2.59. The number of nitrogens with zero attached hydrogens (tertiary/aromatic N) is 3. The van der Waals surface area contributed by atoms with Crippen LogP contribution in [0.25, 0.3) is 0 Å². The molecule has 1 aromatic carbocycles. The molecular formula is C15H14FN3O.